The van der Waals surface area contributed by atoms with Gasteiger partial charge in [-0.1, -0.05) is 19.0 Å². The number of amides is 1. The van der Waals surface area contributed by atoms with Crippen LogP contribution in [0.4, 0.5) is 4.39 Å². The molecule has 8 heteroatoms. The average Bonchev–Trinajstić information content (AvgIpc) is 3.11. The third-order valence-corrected chi connectivity index (χ3v) is 4.47. The Morgan fingerprint density at radius 1 is 1.38 bits per heavy atom. The third-order valence-electron chi connectivity index (χ3n) is 4.47. The number of rotatable bonds is 4. The molecule has 1 N–H and O–H groups in total. The molecule has 3 rings (SSSR count). The van der Waals surface area contributed by atoms with Crippen molar-refractivity contribution < 1.29 is 23.6 Å². The molecule has 1 amide bonds. The van der Waals surface area contributed by atoms with E-state index in [2.05, 4.69) is 10.1 Å². The summed E-state index contributed by atoms with van der Waals surface area (Å²) in [5, 5.41) is 12.9. The second-order valence-electron chi connectivity index (χ2n) is 6.74. The molecule has 1 saturated heterocycles. The van der Waals surface area contributed by atoms with Crippen LogP contribution in [0.15, 0.2) is 22.7 Å². The van der Waals surface area contributed by atoms with Crippen molar-refractivity contribution in [3.05, 3.63) is 46.9 Å². The molecule has 1 atom stereocenters. The highest BCUT2D eigenvalue weighted by atomic mass is 19.1. The summed E-state index contributed by atoms with van der Waals surface area (Å²) in [5.41, 5.74) is -0.324. The lowest BCUT2D eigenvalue weighted by Gasteiger charge is -2.31. The lowest BCUT2D eigenvalue weighted by Crippen LogP contribution is -2.39. The van der Waals surface area contributed by atoms with E-state index in [1.807, 2.05) is 13.8 Å². The zero-order valence-corrected chi connectivity index (χ0v) is 14.6. The van der Waals surface area contributed by atoms with Gasteiger partial charge in [0.2, 0.25) is 5.89 Å². The Labute approximate surface area is 149 Å². The van der Waals surface area contributed by atoms with Gasteiger partial charge in [0, 0.05) is 24.9 Å². The fraction of sp³-hybridized carbons (Fsp3) is 0.444. The minimum atomic E-state index is -1.24. The van der Waals surface area contributed by atoms with Crippen LogP contribution in [0, 0.1) is 5.82 Å². The smallest absolute Gasteiger partial charge is 0.335 e. The molecule has 0 aliphatic carbocycles. The van der Waals surface area contributed by atoms with Gasteiger partial charge in [-0.3, -0.25) is 4.79 Å². The molecule has 7 nitrogen and oxygen atoms in total. The number of benzene rings is 1. The SMILES string of the molecule is CC(C)c1nc(C2CCCN(C(=O)c3ccc(C(=O)O)cc3F)C2)no1. The van der Waals surface area contributed by atoms with Gasteiger partial charge in [-0.2, -0.15) is 4.98 Å². The molecule has 0 spiro atoms. The fourth-order valence-corrected chi connectivity index (χ4v) is 3.01. The number of piperidine rings is 1. The molecule has 0 bridgehead atoms. The summed E-state index contributed by atoms with van der Waals surface area (Å²) in [7, 11) is 0. The molecule has 1 fully saturated rings. The molecule has 2 aromatic rings. The summed E-state index contributed by atoms with van der Waals surface area (Å²) in [5.74, 6) is -1.36. The Balaban J connectivity index is 1.76. The number of carboxylic acids is 1. The lowest BCUT2D eigenvalue weighted by atomic mass is 9.96. The van der Waals surface area contributed by atoms with E-state index < -0.39 is 17.7 Å². The first-order chi connectivity index (χ1) is 12.4. The number of nitrogens with zero attached hydrogens (tertiary/aromatic N) is 3. The van der Waals surface area contributed by atoms with Crippen LogP contribution in [0.5, 0.6) is 0 Å². The Morgan fingerprint density at radius 3 is 2.77 bits per heavy atom. The average molecular weight is 361 g/mol. The number of carbonyl (C=O) groups excluding carboxylic acids is 1. The van der Waals surface area contributed by atoms with Crippen molar-refractivity contribution >= 4 is 11.9 Å². The van der Waals surface area contributed by atoms with E-state index in [0.717, 1.165) is 18.9 Å². The normalized spacial score (nSPS) is 17.5. The van der Waals surface area contributed by atoms with Crippen LogP contribution in [-0.4, -0.2) is 45.1 Å². The molecule has 0 radical (unpaired) electrons. The maximum Gasteiger partial charge on any atom is 0.335 e. The van der Waals surface area contributed by atoms with Gasteiger partial charge in [0.05, 0.1) is 11.1 Å². The quantitative estimate of drug-likeness (QED) is 0.899. The van der Waals surface area contributed by atoms with Gasteiger partial charge in [-0.15, -0.1) is 0 Å². The summed E-state index contributed by atoms with van der Waals surface area (Å²) in [6, 6.07) is 3.31. The van der Waals surface area contributed by atoms with Crippen LogP contribution >= 0.6 is 0 Å². The van der Waals surface area contributed by atoms with Crippen LogP contribution < -0.4 is 0 Å². The Bertz CT molecular complexity index is 834. The number of halogens is 1. The van der Waals surface area contributed by atoms with E-state index in [-0.39, 0.29) is 23.0 Å². The molecule has 1 unspecified atom stereocenters. The summed E-state index contributed by atoms with van der Waals surface area (Å²) in [6.45, 7) is 4.79. The lowest BCUT2D eigenvalue weighted by molar-refractivity contribution is 0.0682. The van der Waals surface area contributed by atoms with E-state index in [9.17, 15) is 14.0 Å². The number of likely N-dealkylation sites (tertiary alicyclic amines) is 1. The van der Waals surface area contributed by atoms with Crippen molar-refractivity contribution in [2.24, 2.45) is 0 Å². The molecule has 1 aromatic carbocycles. The van der Waals surface area contributed by atoms with E-state index in [4.69, 9.17) is 9.63 Å². The zero-order chi connectivity index (χ0) is 18.8. The monoisotopic (exact) mass is 361 g/mol. The van der Waals surface area contributed by atoms with Gasteiger partial charge in [-0.25, -0.2) is 9.18 Å². The van der Waals surface area contributed by atoms with Crippen molar-refractivity contribution in [3.8, 4) is 0 Å². The van der Waals surface area contributed by atoms with E-state index in [0.29, 0.717) is 24.8 Å². The van der Waals surface area contributed by atoms with Gasteiger partial charge in [0.25, 0.3) is 5.91 Å². The maximum absolute atomic E-state index is 14.2. The summed E-state index contributed by atoms with van der Waals surface area (Å²) >= 11 is 0. The molecule has 0 saturated carbocycles. The van der Waals surface area contributed by atoms with Gasteiger partial charge in [0.15, 0.2) is 5.82 Å². The van der Waals surface area contributed by atoms with Crippen molar-refractivity contribution in [1.29, 1.82) is 0 Å². The molecular weight excluding hydrogens is 341 g/mol. The minimum Gasteiger partial charge on any atom is -0.478 e. The van der Waals surface area contributed by atoms with Crippen LogP contribution in [0.25, 0.3) is 0 Å². The molecule has 1 aliphatic rings. The van der Waals surface area contributed by atoms with Crippen LogP contribution in [-0.2, 0) is 0 Å². The van der Waals surface area contributed by atoms with Crippen LogP contribution in [0.2, 0.25) is 0 Å². The Kier molecular flexibility index (Phi) is 5.01. The molecule has 26 heavy (non-hydrogen) atoms. The molecule has 1 aliphatic heterocycles. The Morgan fingerprint density at radius 2 is 2.15 bits per heavy atom. The summed E-state index contributed by atoms with van der Waals surface area (Å²) in [6.07, 6.45) is 1.57. The number of hydrogen-bond donors (Lipinski definition) is 1. The van der Waals surface area contributed by atoms with Crippen LogP contribution in [0.3, 0.4) is 0 Å². The second-order valence-corrected chi connectivity index (χ2v) is 6.74. The Hall–Kier alpha value is -2.77. The third kappa shape index (κ3) is 3.58. The van der Waals surface area contributed by atoms with Gasteiger partial charge in [0.1, 0.15) is 5.82 Å². The van der Waals surface area contributed by atoms with Crippen molar-refractivity contribution in [2.45, 2.75) is 38.5 Å². The largest absolute Gasteiger partial charge is 0.478 e. The first-order valence-electron chi connectivity index (χ1n) is 8.52. The van der Waals surface area contributed by atoms with Gasteiger partial charge >= 0.3 is 5.97 Å². The number of aromatic nitrogens is 2. The maximum atomic E-state index is 14.2. The van der Waals surface area contributed by atoms with E-state index in [1.165, 1.54) is 12.1 Å². The summed E-state index contributed by atoms with van der Waals surface area (Å²) in [4.78, 5) is 29.5. The van der Waals surface area contributed by atoms with E-state index >= 15 is 0 Å². The number of aromatic carboxylic acids is 1. The van der Waals surface area contributed by atoms with Crippen molar-refractivity contribution in [1.82, 2.24) is 15.0 Å². The summed E-state index contributed by atoms with van der Waals surface area (Å²) < 4.78 is 19.4. The second kappa shape index (κ2) is 7.23. The number of hydrogen-bond acceptors (Lipinski definition) is 5. The first-order valence-corrected chi connectivity index (χ1v) is 8.52. The fourth-order valence-electron chi connectivity index (χ4n) is 3.01. The molecule has 1 aromatic heterocycles. The molecule has 138 valence electrons. The van der Waals surface area contributed by atoms with Crippen molar-refractivity contribution in [3.63, 3.8) is 0 Å². The van der Waals surface area contributed by atoms with Gasteiger partial charge < -0.3 is 14.5 Å². The number of carboxylic acid groups (broad SMARTS) is 1. The first kappa shape index (κ1) is 18.0. The van der Waals surface area contributed by atoms with Gasteiger partial charge in [-0.05, 0) is 31.0 Å². The highest BCUT2D eigenvalue weighted by Crippen LogP contribution is 2.27. The number of carbonyl (C=O) groups is 2. The highest BCUT2D eigenvalue weighted by Gasteiger charge is 2.30. The van der Waals surface area contributed by atoms with Crippen LogP contribution in [0.1, 0.15) is 71.0 Å². The topological polar surface area (TPSA) is 96.5 Å². The molecular formula is C18H20FN3O4. The molecule has 2 heterocycles. The zero-order valence-electron chi connectivity index (χ0n) is 14.6. The standard InChI is InChI=1S/C18H20FN3O4/c1-10(2)16-20-15(21-26-16)12-4-3-7-22(9-12)17(23)13-6-5-11(18(24)25)8-14(13)19/h5-6,8,10,12H,3-4,7,9H2,1-2H3,(H,24,25). The van der Waals surface area contributed by atoms with E-state index in [1.54, 1.807) is 4.90 Å². The highest BCUT2D eigenvalue weighted by molar-refractivity contribution is 5.96. The van der Waals surface area contributed by atoms with Crippen molar-refractivity contribution in [2.75, 3.05) is 13.1 Å². The minimum absolute atomic E-state index is 0.0645. The predicted octanol–water partition coefficient (Wildman–Crippen LogP) is 3.05. The predicted molar refractivity (Wildman–Crippen MR) is 89.6 cm³/mol.